The largest absolute Gasteiger partial charge is 0.478 e. The van der Waals surface area contributed by atoms with Crippen LogP contribution in [-0.2, 0) is 0 Å². The Morgan fingerprint density at radius 3 is 2.28 bits per heavy atom. The van der Waals surface area contributed by atoms with Gasteiger partial charge in [0, 0.05) is 22.8 Å². The number of nitrogens with zero attached hydrogens (tertiary/aromatic N) is 2. The van der Waals surface area contributed by atoms with Gasteiger partial charge in [-0.05, 0) is 24.3 Å². The molecule has 174 valence electrons. The van der Waals surface area contributed by atoms with E-state index in [1.807, 2.05) is 60.7 Å². The minimum Gasteiger partial charge on any atom is -0.478 e. The van der Waals surface area contributed by atoms with E-state index in [-0.39, 0.29) is 11.1 Å². The Morgan fingerprint density at radius 2 is 1.56 bits per heavy atom. The molecule has 0 amide bonds. The molecule has 6 aromatic rings. The van der Waals surface area contributed by atoms with Crippen molar-refractivity contribution in [2.45, 2.75) is 0 Å². The molecule has 1 N–H and O–H groups in total. The van der Waals surface area contributed by atoms with E-state index in [0.717, 1.165) is 22.5 Å². The topological polar surface area (TPSA) is 84.8 Å². The molecule has 6 nitrogen and oxygen atoms in total. The number of fused-ring (bicyclic) bond motifs is 1. The molecular weight excluding hydrogens is 472 g/mol. The van der Waals surface area contributed by atoms with Crippen LogP contribution in [0.1, 0.15) is 16.1 Å². The van der Waals surface area contributed by atoms with E-state index in [0.29, 0.717) is 26.6 Å². The smallest absolute Gasteiger partial charge is 0.335 e. The lowest BCUT2D eigenvalue weighted by molar-refractivity contribution is 0.0697. The van der Waals surface area contributed by atoms with Crippen LogP contribution in [0.2, 0.25) is 0 Å². The van der Waals surface area contributed by atoms with Gasteiger partial charge in [0.2, 0.25) is 0 Å². The fourth-order valence-corrected chi connectivity index (χ4v) is 5.13. The summed E-state index contributed by atoms with van der Waals surface area (Å²) in [5, 5.41) is 9.25. The van der Waals surface area contributed by atoms with E-state index in [4.69, 9.17) is 9.40 Å². The molecule has 3 heterocycles. The second-order valence-corrected chi connectivity index (χ2v) is 9.17. The first kappa shape index (κ1) is 21.8. The highest BCUT2D eigenvalue weighted by atomic mass is 32.1. The summed E-state index contributed by atoms with van der Waals surface area (Å²) in [6.45, 7) is 0. The molecule has 6 rings (SSSR count). The molecule has 3 aromatic carbocycles. The first-order valence-corrected chi connectivity index (χ1v) is 12.0. The molecule has 0 unspecified atom stereocenters. The van der Waals surface area contributed by atoms with Crippen LogP contribution in [0.4, 0.5) is 0 Å². The van der Waals surface area contributed by atoms with Gasteiger partial charge < -0.3 is 9.52 Å². The van der Waals surface area contributed by atoms with Gasteiger partial charge in [-0.25, -0.2) is 14.2 Å². The molecule has 0 aliphatic carbocycles. The number of imidazole rings is 1. The molecule has 0 radical (unpaired) electrons. The second-order valence-electron chi connectivity index (χ2n) is 8.16. The fourth-order valence-electron chi connectivity index (χ4n) is 4.18. The third-order valence-electron chi connectivity index (χ3n) is 5.85. The van der Waals surface area contributed by atoms with Crippen LogP contribution in [-0.4, -0.2) is 20.5 Å². The van der Waals surface area contributed by atoms with Crippen molar-refractivity contribution in [2.75, 3.05) is 0 Å². The van der Waals surface area contributed by atoms with Crippen molar-refractivity contribution >= 4 is 28.3 Å². The number of hydrogen-bond donors (Lipinski definition) is 1. The minimum atomic E-state index is -1.00. The Kier molecular flexibility index (Phi) is 5.32. The maximum Gasteiger partial charge on any atom is 0.335 e. The summed E-state index contributed by atoms with van der Waals surface area (Å²) in [5.74, 6) is 0.0172. The fraction of sp³-hybridized carbons (Fsp3) is 0. The Morgan fingerprint density at radius 1 is 0.861 bits per heavy atom. The van der Waals surface area contributed by atoms with Crippen molar-refractivity contribution in [3.05, 3.63) is 123 Å². The summed E-state index contributed by atoms with van der Waals surface area (Å²) >= 11 is 1.30. The quantitative estimate of drug-likeness (QED) is 0.340. The van der Waals surface area contributed by atoms with Crippen LogP contribution in [0.5, 0.6) is 0 Å². The van der Waals surface area contributed by atoms with Crippen molar-refractivity contribution in [2.24, 2.45) is 0 Å². The monoisotopic (exact) mass is 490 g/mol. The zero-order valence-electron chi connectivity index (χ0n) is 18.8. The molecule has 0 saturated carbocycles. The number of furan rings is 1. The molecule has 3 aromatic heterocycles. The van der Waals surface area contributed by atoms with Crippen LogP contribution < -0.4 is 10.1 Å². The molecule has 36 heavy (non-hydrogen) atoms. The van der Waals surface area contributed by atoms with E-state index in [2.05, 4.69) is 0 Å². The Labute approximate surface area is 209 Å². The Bertz CT molecular complexity index is 1830. The number of aromatic carboxylic acids is 1. The SMILES string of the molecule is O=C(O)c1cccc(-c2ccc(/C=c3/sc4nc(-c5ccccc5)c(-c5ccccc5)n4c3=O)o2)c1. The number of hydrogen-bond acceptors (Lipinski definition) is 5. The van der Waals surface area contributed by atoms with E-state index < -0.39 is 5.97 Å². The number of rotatable bonds is 5. The molecule has 0 fully saturated rings. The predicted molar refractivity (Wildman–Crippen MR) is 140 cm³/mol. The minimum absolute atomic E-state index is 0.172. The summed E-state index contributed by atoms with van der Waals surface area (Å²) < 4.78 is 8.09. The number of thiazole rings is 1. The van der Waals surface area contributed by atoms with Crippen molar-refractivity contribution in [3.63, 3.8) is 0 Å². The van der Waals surface area contributed by atoms with Gasteiger partial charge in [-0.3, -0.25) is 4.79 Å². The van der Waals surface area contributed by atoms with E-state index >= 15 is 0 Å². The highest BCUT2D eigenvalue weighted by molar-refractivity contribution is 7.15. The molecule has 0 aliphatic rings. The molecule has 0 atom stereocenters. The summed E-state index contributed by atoms with van der Waals surface area (Å²) in [7, 11) is 0. The highest BCUT2D eigenvalue weighted by Gasteiger charge is 2.20. The number of carbonyl (C=O) groups is 1. The molecule has 0 bridgehead atoms. The number of carboxylic acid groups (broad SMARTS) is 1. The van der Waals surface area contributed by atoms with E-state index in [1.165, 1.54) is 17.4 Å². The number of carboxylic acids is 1. The highest BCUT2D eigenvalue weighted by Crippen LogP contribution is 2.32. The molecule has 0 spiro atoms. The van der Waals surface area contributed by atoms with Gasteiger partial charge in [-0.2, -0.15) is 0 Å². The zero-order valence-corrected chi connectivity index (χ0v) is 19.6. The van der Waals surface area contributed by atoms with Crippen LogP contribution in [0, 0.1) is 0 Å². The Hall–Kier alpha value is -4.75. The van der Waals surface area contributed by atoms with Crippen LogP contribution in [0.15, 0.2) is 106 Å². The van der Waals surface area contributed by atoms with Gasteiger partial charge in [-0.15, -0.1) is 0 Å². The van der Waals surface area contributed by atoms with Gasteiger partial charge in [0.15, 0.2) is 4.96 Å². The molecular formula is C29H18N2O4S. The maximum absolute atomic E-state index is 13.6. The standard InChI is InChI=1S/C29H18N2O4S/c32-27-24(17-22-14-15-23(35-22)20-12-7-13-21(16-20)28(33)34)36-29-30-25(18-8-3-1-4-9-18)26(31(27)29)19-10-5-2-6-11-19/h1-17H,(H,33,34)/b24-17+. The van der Waals surface area contributed by atoms with Crippen molar-refractivity contribution in [3.8, 4) is 33.8 Å². The molecule has 7 heteroatoms. The average Bonchev–Trinajstić information content (AvgIpc) is 3.61. The molecule has 0 aliphatic heterocycles. The zero-order chi connectivity index (χ0) is 24.6. The third-order valence-corrected chi connectivity index (χ3v) is 6.82. The van der Waals surface area contributed by atoms with Crippen LogP contribution in [0.3, 0.4) is 0 Å². The van der Waals surface area contributed by atoms with Crippen LogP contribution in [0.25, 0.3) is 44.9 Å². The normalized spacial score (nSPS) is 11.8. The average molecular weight is 491 g/mol. The predicted octanol–water partition coefficient (Wildman–Crippen LogP) is 5.60. The lowest BCUT2D eigenvalue weighted by atomic mass is 10.1. The van der Waals surface area contributed by atoms with Gasteiger partial charge >= 0.3 is 5.97 Å². The van der Waals surface area contributed by atoms with Crippen LogP contribution >= 0.6 is 11.3 Å². The second kappa shape index (κ2) is 8.79. The van der Waals surface area contributed by atoms with Gasteiger partial charge in [0.1, 0.15) is 16.1 Å². The summed E-state index contributed by atoms with van der Waals surface area (Å²) in [5.41, 5.74) is 4.02. The van der Waals surface area contributed by atoms with Crippen molar-refractivity contribution in [1.82, 2.24) is 9.38 Å². The van der Waals surface area contributed by atoms with Gasteiger partial charge in [0.25, 0.3) is 5.56 Å². The van der Waals surface area contributed by atoms with Crippen molar-refractivity contribution in [1.29, 1.82) is 0 Å². The number of benzene rings is 3. The first-order chi connectivity index (χ1) is 17.6. The summed E-state index contributed by atoms with van der Waals surface area (Å²) in [6, 6.07) is 29.7. The summed E-state index contributed by atoms with van der Waals surface area (Å²) in [6.07, 6.45) is 1.70. The number of aromatic nitrogens is 2. The lowest BCUT2D eigenvalue weighted by Crippen LogP contribution is -2.23. The van der Waals surface area contributed by atoms with Gasteiger partial charge in [0.05, 0.1) is 17.0 Å². The van der Waals surface area contributed by atoms with Crippen molar-refractivity contribution < 1.29 is 14.3 Å². The van der Waals surface area contributed by atoms with E-state index in [1.54, 1.807) is 40.8 Å². The van der Waals surface area contributed by atoms with E-state index in [9.17, 15) is 14.7 Å². The lowest BCUT2D eigenvalue weighted by Gasteiger charge is -2.04. The maximum atomic E-state index is 13.6. The molecule has 0 saturated heterocycles. The summed E-state index contributed by atoms with van der Waals surface area (Å²) in [4.78, 5) is 30.3. The third kappa shape index (κ3) is 3.81. The van der Waals surface area contributed by atoms with Gasteiger partial charge in [-0.1, -0.05) is 84.1 Å². The first-order valence-electron chi connectivity index (χ1n) is 11.2. The Balaban J connectivity index is 1.48.